The fraction of sp³-hybridized carbons (Fsp3) is 0.333. The zero-order valence-corrected chi connectivity index (χ0v) is 19.4. The number of primary amides is 1. The zero-order valence-electron chi connectivity index (χ0n) is 17.1. The number of nitrogens with zero attached hydrogens (tertiary/aromatic N) is 1. The number of halogens is 2. The second kappa shape index (κ2) is 8.38. The Morgan fingerprint density at radius 2 is 1.97 bits per heavy atom. The molecular weight excluding hydrogens is 475 g/mol. The number of carbonyl (C=O) groups is 4. The Labute approximate surface area is 198 Å². The standard InChI is InChI=1S/C21H20Cl2N4O4S/c1-21(12-7-6-10(22)8-13(12)23)19(30)27(20(31)26-21)9-15(28)25-18-16(17(24)29)11-4-2-3-5-14(11)32-18/h6-8H,2-5,9H2,1H3,(H2,24,29)(H,25,28)(H,26,31)/t21-/m1/s1. The Balaban J connectivity index is 1.54. The van der Waals surface area contributed by atoms with Crippen molar-refractivity contribution in [3.8, 4) is 0 Å². The lowest BCUT2D eigenvalue weighted by Gasteiger charge is -2.23. The molecule has 8 nitrogen and oxygen atoms in total. The van der Waals surface area contributed by atoms with Crippen LogP contribution in [0, 0.1) is 0 Å². The van der Waals surface area contributed by atoms with Crippen LogP contribution < -0.4 is 16.4 Å². The summed E-state index contributed by atoms with van der Waals surface area (Å²) in [5.41, 5.74) is 5.67. The highest BCUT2D eigenvalue weighted by Crippen LogP contribution is 2.38. The average molecular weight is 495 g/mol. The van der Waals surface area contributed by atoms with Gasteiger partial charge in [0.05, 0.1) is 5.56 Å². The monoisotopic (exact) mass is 494 g/mol. The number of thiophene rings is 1. The van der Waals surface area contributed by atoms with Gasteiger partial charge < -0.3 is 16.4 Å². The molecule has 4 N–H and O–H groups in total. The molecule has 2 aromatic rings. The molecule has 1 aliphatic heterocycles. The summed E-state index contributed by atoms with van der Waals surface area (Å²) < 4.78 is 0. The van der Waals surface area contributed by atoms with Gasteiger partial charge in [-0.15, -0.1) is 11.3 Å². The van der Waals surface area contributed by atoms with Crippen molar-refractivity contribution in [2.24, 2.45) is 5.73 Å². The van der Waals surface area contributed by atoms with Gasteiger partial charge in [-0.2, -0.15) is 0 Å². The number of rotatable bonds is 5. The second-order valence-corrected chi connectivity index (χ2v) is 9.85. The van der Waals surface area contributed by atoms with Crippen LogP contribution in [0.5, 0.6) is 0 Å². The number of hydrogen-bond donors (Lipinski definition) is 3. The summed E-state index contributed by atoms with van der Waals surface area (Å²) >= 11 is 13.5. The van der Waals surface area contributed by atoms with Crippen LogP contribution in [0.15, 0.2) is 18.2 Å². The third-order valence-corrected chi connectivity index (χ3v) is 7.47. The van der Waals surface area contributed by atoms with Gasteiger partial charge in [0.2, 0.25) is 5.91 Å². The first kappa shape index (κ1) is 22.6. The molecule has 1 atom stereocenters. The number of benzene rings is 1. The fourth-order valence-electron chi connectivity index (χ4n) is 4.14. The fourth-order valence-corrected chi connectivity index (χ4v) is 6.05. The molecule has 1 aromatic carbocycles. The smallest absolute Gasteiger partial charge is 0.325 e. The molecule has 0 bridgehead atoms. The predicted molar refractivity (Wildman–Crippen MR) is 122 cm³/mol. The summed E-state index contributed by atoms with van der Waals surface area (Å²) in [4.78, 5) is 52.2. The van der Waals surface area contributed by atoms with E-state index in [1.54, 1.807) is 12.1 Å². The Morgan fingerprint density at radius 3 is 2.66 bits per heavy atom. The lowest BCUT2D eigenvalue weighted by atomic mass is 9.92. The maximum atomic E-state index is 13.1. The molecular formula is C21H20Cl2N4O4S. The van der Waals surface area contributed by atoms with Crippen LogP contribution in [0.25, 0.3) is 0 Å². The van der Waals surface area contributed by atoms with Crippen LogP contribution >= 0.6 is 34.5 Å². The summed E-state index contributed by atoms with van der Waals surface area (Å²) in [7, 11) is 0. The molecule has 2 aliphatic rings. The molecule has 1 saturated heterocycles. The van der Waals surface area contributed by atoms with Gasteiger partial charge in [-0.1, -0.05) is 29.3 Å². The summed E-state index contributed by atoms with van der Waals surface area (Å²) in [6.07, 6.45) is 3.51. The van der Waals surface area contributed by atoms with Crippen LogP contribution in [-0.4, -0.2) is 35.2 Å². The molecule has 0 radical (unpaired) electrons. The minimum Gasteiger partial charge on any atom is -0.365 e. The maximum absolute atomic E-state index is 13.1. The van der Waals surface area contributed by atoms with E-state index in [0.29, 0.717) is 21.2 Å². The number of nitrogens with one attached hydrogen (secondary N) is 2. The van der Waals surface area contributed by atoms with Gasteiger partial charge >= 0.3 is 6.03 Å². The molecule has 1 fully saturated rings. The lowest BCUT2D eigenvalue weighted by molar-refractivity contribution is -0.133. The highest BCUT2D eigenvalue weighted by molar-refractivity contribution is 7.17. The lowest BCUT2D eigenvalue weighted by Crippen LogP contribution is -2.42. The van der Waals surface area contributed by atoms with Crippen molar-refractivity contribution in [1.29, 1.82) is 0 Å². The summed E-state index contributed by atoms with van der Waals surface area (Å²) in [6, 6.07) is 3.87. The first-order valence-electron chi connectivity index (χ1n) is 9.95. The van der Waals surface area contributed by atoms with E-state index >= 15 is 0 Å². The van der Waals surface area contributed by atoms with Crippen molar-refractivity contribution in [2.75, 3.05) is 11.9 Å². The Bertz CT molecular complexity index is 1160. The van der Waals surface area contributed by atoms with Gasteiger partial charge in [0.15, 0.2) is 0 Å². The highest BCUT2D eigenvalue weighted by atomic mass is 35.5. The number of carbonyl (C=O) groups excluding carboxylic acids is 4. The Kier molecular flexibility index (Phi) is 5.91. The normalized spacial score (nSPS) is 20.2. The van der Waals surface area contributed by atoms with E-state index in [2.05, 4.69) is 10.6 Å². The van der Waals surface area contributed by atoms with E-state index in [1.807, 2.05) is 0 Å². The summed E-state index contributed by atoms with van der Waals surface area (Å²) in [6.45, 7) is 0.991. The molecule has 1 aliphatic carbocycles. The molecule has 168 valence electrons. The molecule has 11 heteroatoms. The van der Waals surface area contributed by atoms with Gasteiger partial charge in [0, 0.05) is 20.5 Å². The van der Waals surface area contributed by atoms with Crippen molar-refractivity contribution in [3.05, 3.63) is 49.8 Å². The molecule has 0 saturated carbocycles. The topological polar surface area (TPSA) is 122 Å². The largest absolute Gasteiger partial charge is 0.365 e. The number of aryl methyl sites for hydroxylation is 1. The number of imide groups is 1. The van der Waals surface area contributed by atoms with Gasteiger partial charge in [0.25, 0.3) is 11.8 Å². The van der Waals surface area contributed by atoms with E-state index in [0.717, 1.165) is 41.0 Å². The molecule has 2 heterocycles. The van der Waals surface area contributed by atoms with Crippen LogP contribution in [0.4, 0.5) is 9.80 Å². The Hall–Kier alpha value is -2.62. The number of hydrogen-bond acceptors (Lipinski definition) is 5. The van der Waals surface area contributed by atoms with Crippen molar-refractivity contribution < 1.29 is 19.2 Å². The van der Waals surface area contributed by atoms with Gasteiger partial charge in [0.1, 0.15) is 17.1 Å². The van der Waals surface area contributed by atoms with Crippen molar-refractivity contribution in [1.82, 2.24) is 10.2 Å². The highest BCUT2D eigenvalue weighted by Gasteiger charge is 2.50. The molecule has 4 rings (SSSR count). The third-order valence-electron chi connectivity index (χ3n) is 5.72. The van der Waals surface area contributed by atoms with Crippen molar-refractivity contribution >= 4 is 63.3 Å². The zero-order chi connectivity index (χ0) is 23.2. The molecule has 32 heavy (non-hydrogen) atoms. The molecule has 0 unspecified atom stereocenters. The molecule has 1 aromatic heterocycles. The van der Waals surface area contributed by atoms with Crippen LogP contribution in [0.3, 0.4) is 0 Å². The average Bonchev–Trinajstić information content (AvgIpc) is 3.18. The van der Waals surface area contributed by atoms with Gasteiger partial charge in [-0.25, -0.2) is 4.79 Å². The number of anilines is 1. The first-order valence-corrected chi connectivity index (χ1v) is 11.5. The minimum atomic E-state index is -1.44. The minimum absolute atomic E-state index is 0.218. The van der Waals surface area contributed by atoms with Crippen LogP contribution in [0.2, 0.25) is 10.0 Å². The number of fused-ring (bicyclic) bond motifs is 1. The van der Waals surface area contributed by atoms with Crippen molar-refractivity contribution in [3.63, 3.8) is 0 Å². The maximum Gasteiger partial charge on any atom is 0.325 e. The molecule has 0 spiro atoms. The second-order valence-electron chi connectivity index (χ2n) is 7.90. The summed E-state index contributed by atoms with van der Waals surface area (Å²) in [5.74, 6) is -1.84. The quantitative estimate of drug-likeness (QED) is 0.550. The van der Waals surface area contributed by atoms with Crippen LogP contribution in [-0.2, 0) is 28.0 Å². The number of nitrogens with two attached hydrogens (primary N) is 1. The van der Waals surface area contributed by atoms with Crippen molar-refractivity contribution in [2.45, 2.75) is 38.1 Å². The number of urea groups is 1. The van der Waals surface area contributed by atoms with Gasteiger partial charge in [-0.05, 0) is 50.3 Å². The van der Waals surface area contributed by atoms with Crippen LogP contribution in [0.1, 0.15) is 46.1 Å². The van der Waals surface area contributed by atoms with E-state index in [4.69, 9.17) is 28.9 Å². The molecule has 5 amide bonds. The Morgan fingerprint density at radius 1 is 1.25 bits per heavy atom. The third kappa shape index (κ3) is 3.85. The van der Waals surface area contributed by atoms with E-state index in [-0.39, 0.29) is 5.02 Å². The first-order chi connectivity index (χ1) is 15.1. The van der Waals surface area contributed by atoms with E-state index < -0.39 is 35.8 Å². The predicted octanol–water partition coefficient (Wildman–Crippen LogP) is 3.44. The number of amides is 5. The van der Waals surface area contributed by atoms with Gasteiger partial charge in [-0.3, -0.25) is 19.3 Å². The summed E-state index contributed by atoms with van der Waals surface area (Å²) in [5, 5.41) is 6.23. The SMILES string of the molecule is C[C@]1(c2ccc(Cl)cc2Cl)NC(=O)N(CC(=O)Nc2sc3c(c2C(N)=O)CCCC3)C1=O. The van der Waals surface area contributed by atoms with E-state index in [1.165, 1.54) is 24.3 Å². The van der Waals surface area contributed by atoms with E-state index in [9.17, 15) is 19.2 Å².